The first kappa shape index (κ1) is 15.3. The first-order chi connectivity index (χ1) is 9.02. The lowest BCUT2D eigenvalue weighted by molar-refractivity contribution is -0.132. The second-order valence-electron chi connectivity index (χ2n) is 4.99. The van der Waals surface area contributed by atoms with Gasteiger partial charge in [-0.25, -0.2) is 0 Å². The van der Waals surface area contributed by atoms with Gasteiger partial charge in [-0.05, 0) is 37.1 Å². The number of rotatable bonds is 7. The third kappa shape index (κ3) is 5.64. The SMILES string of the molecule is CCN(CC(C)C)C(=O)CCOc1ccc(N)cc1. The summed E-state index contributed by atoms with van der Waals surface area (Å²) in [6, 6.07) is 7.19. The summed E-state index contributed by atoms with van der Waals surface area (Å²) in [5, 5.41) is 0. The maximum atomic E-state index is 12.0. The summed E-state index contributed by atoms with van der Waals surface area (Å²) in [5.74, 6) is 1.38. The predicted molar refractivity (Wildman–Crippen MR) is 78.1 cm³/mol. The maximum Gasteiger partial charge on any atom is 0.225 e. The molecule has 1 aromatic rings. The summed E-state index contributed by atoms with van der Waals surface area (Å²) >= 11 is 0. The van der Waals surface area contributed by atoms with Gasteiger partial charge in [0.05, 0.1) is 13.0 Å². The molecule has 0 saturated heterocycles. The van der Waals surface area contributed by atoms with Crippen LogP contribution in [0.25, 0.3) is 0 Å². The van der Waals surface area contributed by atoms with Crippen molar-refractivity contribution in [2.24, 2.45) is 5.92 Å². The molecule has 4 heteroatoms. The molecule has 1 aromatic carbocycles. The van der Waals surface area contributed by atoms with Crippen molar-refractivity contribution in [3.05, 3.63) is 24.3 Å². The third-order valence-electron chi connectivity index (χ3n) is 2.78. The van der Waals surface area contributed by atoms with E-state index in [4.69, 9.17) is 10.5 Å². The van der Waals surface area contributed by atoms with Gasteiger partial charge in [0, 0.05) is 18.8 Å². The van der Waals surface area contributed by atoms with Crippen molar-refractivity contribution < 1.29 is 9.53 Å². The minimum absolute atomic E-state index is 0.145. The Hall–Kier alpha value is -1.71. The van der Waals surface area contributed by atoms with Crippen molar-refractivity contribution in [2.75, 3.05) is 25.4 Å². The zero-order valence-corrected chi connectivity index (χ0v) is 12.1. The van der Waals surface area contributed by atoms with Gasteiger partial charge in [-0.15, -0.1) is 0 Å². The molecular formula is C15H24N2O2. The van der Waals surface area contributed by atoms with Crippen LogP contribution in [0.15, 0.2) is 24.3 Å². The first-order valence-corrected chi connectivity index (χ1v) is 6.79. The number of hydrogen-bond acceptors (Lipinski definition) is 3. The number of nitrogens with two attached hydrogens (primary N) is 1. The molecule has 4 nitrogen and oxygen atoms in total. The average Bonchev–Trinajstić information content (AvgIpc) is 2.38. The predicted octanol–water partition coefficient (Wildman–Crippen LogP) is 2.54. The molecule has 0 aliphatic heterocycles. The molecule has 0 heterocycles. The number of nitrogens with zero attached hydrogens (tertiary/aromatic N) is 1. The van der Waals surface area contributed by atoms with Gasteiger partial charge in [0.1, 0.15) is 5.75 Å². The lowest BCUT2D eigenvalue weighted by atomic mass is 10.2. The van der Waals surface area contributed by atoms with Crippen molar-refractivity contribution in [1.29, 1.82) is 0 Å². The second kappa shape index (κ2) is 7.67. The number of ether oxygens (including phenoxy) is 1. The van der Waals surface area contributed by atoms with E-state index in [2.05, 4.69) is 13.8 Å². The Balaban J connectivity index is 2.35. The lowest BCUT2D eigenvalue weighted by Gasteiger charge is -2.23. The summed E-state index contributed by atoms with van der Waals surface area (Å²) < 4.78 is 5.53. The van der Waals surface area contributed by atoms with E-state index < -0.39 is 0 Å². The Kier molecular flexibility index (Phi) is 6.19. The van der Waals surface area contributed by atoms with E-state index in [0.717, 1.165) is 18.8 Å². The van der Waals surface area contributed by atoms with Crippen LogP contribution in [0.2, 0.25) is 0 Å². The molecule has 1 rings (SSSR count). The van der Waals surface area contributed by atoms with Crippen LogP contribution in [0.4, 0.5) is 5.69 Å². The standard InChI is InChI=1S/C15H24N2O2/c1-4-17(11-12(2)3)15(18)9-10-19-14-7-5-13(16)6-8-14/h5-8,12H,4,9-11,16H2,1-3H3. The highest BCUT2D eigenvalue weighted by Crippen LogP contribution is 2.13. The minimum atomic E-state index is 0.145. The molecule has 0 spiro atoms. The highest BCUT2D eigenvalue weighted by Gasteiger charge is 2.12. The zero-order valence-electron chi connectivity index (χ0n) is 12.1. The molecule has 0 bridgehead atoms. The number of hydrogen-bond donors (Lipinski definition) is 1. The van der Waals surface area contributed by atoms with Crippen LogP contribution in [0, 0.1) is 5.92 Å². The summed E-state index contributed by atoms with van der Waals surface area (Å²) in [6.07, 6.45) is 0.408. The van der Waals surface area contributed by atoms with Crippen LogP contribution in [0.1, 0.15) is 27.2 Å². The minimum Gasteiger partial charge on any atom is -0.493 e. The van der Waals surface area contributed by atoms with Crippen molar-refractivity contribution in [3.8, 4) is 5.75 Å². The Morgan fingerprint density at radius 2 is 1.95 bits per heavy atom. The van der Waals surface area contributed by atoms with Crippen LogP contribution < -0.4 is 10.5 Å². The Bertz CT molecular complexity index is 388. The van der Waals surface area contributed by atoms with Gasteiger partial charge in [-0.2, -0.15) is 0 Å². The molecule has 0 atom stereocenters. The van der Waals surface area contributed by atoms with E-state index in [0.29, 0.717) is 24.6 Å². The number of amides is 1. The van der Waals surface area contributed by atoms with Gasteiger partial charge in [-0.1, -0.05) is 13.8 Å². The molecule has 19 heavy (non-hydrogen) atoms. The molecule has 106 valence electrons. The largest absolute Gasteiger partial charge is 0.493 e. The fourth-order valence-electron chi connectivity index (χ4n) is 1.83. The Morgan fingerprint density at radius 1 is 1.32 bits per heavy atom. The third-order valence-corrected chi connectivity index (χ3v) is 2.78. The molecule has 2 N–H and O–H groups in total. The number of anilines is 1. The van der Waals surface area contributed by atoms with Crippen LogP contribution in [0.3, 0.4) is 0 Å². The quantitative estimate of drug-likeness (QED) is 0.770. The van der Waals surface area contributed by atoms with E-state index in [-0.39, 0.29) is 5.91 Å². The molecule has 1 amide bonds. The monoisotopic (exact) mass is 264 g/mol. The smallest absolute Gasteiger partial charge is 0.225 e. The summed E-state index contributed by atoms with van der Waals surface area (Å²) in [6.45, 7) is 8.18. The van der Waals surface area contributed by atoms with E-state index in [1.54, 1.807) is 12.1 Å². The van der Waals surface area contributed by atoms with Crippen molar-refractivity contribution in [2.45, 2.75) is 27.2 Å². The summed E-state index contributed by atoms with van der Waals surface area (Å²) in [4.78, 5) is 13.9. The van der Waals surface area contributed by atoms with E-state index in [9.17, 15) is 4.79 Å². The van der Waals surface area contributed by atoms with E-state index >= 15 is 0 Å². The second-order valence-corrected chi connectivity index (χ2v) is 4.99. The first-order valence-electron chi connectivity index (χ1n) is 6.79. The fourth-order valence-corrected chi connectivity index (χ4v) is 1.83. The summed E-state index contributed by atoms with van der Waals surface area (Å²) in [7, 11) is 0. The topological polar surface area (TPSA) is 55.6 Å². The highest BCUT2D eigenvalue weighted by molar-refractivity contribution is 5.76. The molecule has 0 aliphatic rings. The molecule has 0 saturated carbocycles. The van der Waals surface area contributed by atoms with Crippen molar-refractivity contribution in [3.63, 3.8) is 0 Å². The number of carbonyl (C=O) groups is 1. The lowest BCUT2D eigenvalue weighted by Crippen LogP contribution is -2.34. The van der Waals surface area contributed by atoms with Crippen LogP contribution >= 0.6 is 0 Å². The highest BCUT2D eigenvalue weighted by atomic mass is 16.5. The van der Waals surface area contributed by atoms with Gasteiger partial charge in [-0.3, -0.25) is 4.79 Å². The van der Waals surface area contributed by atoms with Crippen LogP contribution in [-0.4, -0.2) is 30.5 Å². The van der Waals surface area contributed by atoms with Gasteiger partial charge < -0.3 is 15.4 Å². The number of benzene rings is 1. The van der Waals surface area contributed by atoms with Gasteiger partial charge >= 0.3 is 0 Å². The summed E-state index contributed by atoms with van der Waals surface area (Å²) in [5.41, 5.74) is 6.30. The molecule has 0 fully saturated rings. The van der Waals surface area contributed by atoms with Crippen molar-refractivity contribution in [1.82, 2.24) is 4.90 Å². The van der Waals surface area contributed by atoms with Crippen molar-refractivity contribution >= 4 is 11.6 Å². The van der Waals surface area contributed by atoms with Crippen LogP contribution in [0.5, 0.6) is 5.75 Å². The number of nitrogen functional groups attached to an aromatic ring is 1. The fraction of sp³-hybridized carbons (Fsp3) is 0.533. The van der Waals surface area contributed by atoms with Crippen LogP contribution in [-0.2, 0) is 4.79 Å². The molecular weight excluding hydrogens is 240 g/mol. The van der Waals surface area contributed by atoms with Gasteiger partial charge in [0.2, 0.25) is 5.91 Å². The maximum absolute atomic E-state index is 12.0. The number of carbonyl (C=O) groups excluding carboxylic acids is 1. The van der Waals surface area contributed by atoms with Gasteiger partial charge in [0.25, 0.3) is 0 Å². The van der Waals surface area contributed by atoms with E-state index in [1.807, 2.05) is 24.0 Å². The van der Waals surface area contributed by atoms with Gasteiger partial charge in [0.15, 0.2) is 0 Å². The van der Waals surface area contributed by atoms with E-state index in [1.165, 1.54) is 0 Å². The average molecular weight is 264 g/mol. The molecule has 0 aromatic heterocycles. The normalized spacial score (nSPS) is 10.5. The Labute approximate surface area is 115 Å². The zero-order chi connectivity index (χ0) is 14.3. The molecule has 0 aliphatic carbocycles. The molecule has 0 radical (unpaired) electrons. The molecule has 0 unspecified atom stereocenters. The Morgan fingerprint density at radius 3 is 2.47 bits per heavy atom.